The van der Waals surface area contributed by atoms with E-state index in [2.05, 4.69) is 5.32 Å². The largest absolute Gasteiger partial charge is 0.489 e. The molecule has 1 aliphatic rings. The fourth-order valence-corrected chi connectivity index (χ4v) is 2.54. The summed E-state index contributed by atoms with van der Waals surface area (Å²) in [4.78, 5) is 12.4. The van der Waals surface area contributed by atoms with Gasteiger partial charge in [-0.3, -0.25) is 4.79 Å². The Morgan fingerprint density at radius 3 is 2.50 bits per heavy atom. The van der Waals surface area contributed by atoms with Gasteiger partial charge in [-0.2, -0.15) is 0 Å². The Morgan fingerprint density at radius 2 is 1.79 bits per heavy atom. The quantitative estimate of drug-likeness (QED) is 0.809. The molecular weight excluding hydrogens is 324 g/mol. The standard InChI is InChI=1S/C19H22N2O2.ClH/c20-18(14-10-11-14)12-21-19(22)17-9-5-4-6-15(17)13-23-16-7-2-1-3-8-16;/h1-9,14,18H,10-13,20H2,(H,21,22);1H. The number of hydrogen-bond donors (Lipinski definition) is 2. The van der Waals surface area contributed by atoms with Crippen molar-refractivity contribution in [1.82, 2.24) is 5.32 Å². The van der Waals surface area contributed by atoms with Crippen LogP contribution in [0.3, 0.4) is 0 Å². The minimum Gasteiger partial charge on any atom is -0.489 e. The van der Waals surface area contributed by atoms with Gasteiger partial charge in [-0.25, -0.2) is 0 Å². The Kier molecular flexibility index (Phi) is 6.64. The molecule has 1 unspecified atom stereocenters. The fraction of sp³-hybridized carbons (Fsp3) is 0.316. The second-order valence-corrected chi connectivity index (χ2v) is 5.97. The number of rotatable bonds is 7. The van der Waals surface area contributed by atoms with Gasteiger partial charge >= 0.3 is 0 Å². The average molecular weight is 347 g/mol. The first kappa shape index (κ1) is 18.3. The molecule has 0 radical (unpaired) electrons. The molecule has 0 aliphatic heterocycles. The number of carbonyl (C=O) groups excluding carboxylic acids is 1. The normalized spacial score (nSPS) is 14.4. The van der Waals surface area contributed by atoms with Crippen LogP contribution in [0.15, 0.2) is 54.6 Å². The van der Waals surface area contributed by atoms with Gasteiger partial charge in [0.15, 0.2) is 0 Å². The SMILES string of the molecule is Cl.NC(CNC(=O)c1ccccc1COc1ccccc1)C1CC1. The summed E-state index contributed by atoms with van der Waals surface area (Å²) in [6, 6.07) is 17.2. The van der Waals surface area contributed by atoms with Crippen LogP contribution in [0.25, 0.3) is 0 Å². The van der Waals surface area contributed by atoms with Crippen LogP contribution in [0.5, 0.6) is 5.75 Å². The molecule has 1 aliphatic carbocycles. The Morgan fingerprint density at radius 1 is 1.12 bits per heavy atom. The van der Waals surface area contributed by atoms with Crippen molar-refractivity contribution in [2.24, 2.45) is 11.7 Å². The zero-order valence-electron chi connectivity index (χ0n) is 13.5. The lowest BCUT2D eigenvalue weighted by Gasteiger charge is -2.14. The monoisotopic (exact) mass is 346 g/mol. The number of ether oxygens (including phenoxy) is 1. The molecular formula is C19H23ClN2O2. The first-order chi connectivity index (χ1) is 11.2. The van der Waals surface area contributed by atoms with Crippen LogP contribution in [-0.2, 0) is 6.61 Å². The zero-order chi connectivity index (χ0) is 16.1. The molecule has 3 rings (SSSR count). The van der Waals surface area contributed by atoms with Gasteiger partial charge in [0, 0.05) is 23.7 Å². The molecule has 1 atom stereocenters. The van der Waals surface area contributed by atoms with Gasteiger partial charge in [-0.05, 0) is 37.0 Å². The second-order valence-electron chi connectivity index (χ2n) is 5.97. The highest BCUT2D eigenvalue weighted by molar-refractivity contribution is 5.95. The maximum Gasteiger partial charge on any atom is 0.251 e. The average Bonchev–Trinajstić information content (AvgIpc) is 3.44. The number of nitrogens with one attached hydrogen (secondary N) is 1. The van der Waals surface area contributed by atoms with Crippen molar-refractivity contribution < 1.29 is 9.53 Å². The first-order valence-electron chi connectivity index (χ1n) is 8.03. The molecule has 4 nitrogen and oxygen atoms in total. The summed E-state index contributed by atoms with van der Waals surface area (Å²) < 4.78 is 5.75. The van der Waals surface area contributed by atoms with E-state index in [0.29, 0.717) is 24.6 Å². The number of benzene rings is 2. The lowest BCUT2D eigenvalue weighted by atomic mass is 10.1. The van der Waals surface area contributed by atoms with Crippen molar-refractivity contribution in [2.75, 3.05) is 6.54 Å². The van der Waals surface area contributed by atoms with E-state index in [1.54, 1.807) is 0 Å². The van der Waals surface area contributed by atoms with Crippen molar-refractivity contribution >= 4 is 18.3 Å². The zero-order valence-corrected chi connectivity index (χ0v) is 14.3. The van der Waals surface area contributed by atoms with Crippen LogP contribution in [-0.4, -0.2) is 18.5 Å². The maximum atomic E-state index is 12.4. The van der Waals surface area contributed by atoms with Crippen molar-refractivity contribution in [1.29, 1.82) is 0 Å². The third kappa shape index (κ3) is 4.98. The number of halogens is 1. The molecule has 24 heavy (non-hydrogen) atoms. The number of para-hydroxylation sites is 1. The lowest BCUT2D eigenvalue weighted by molar-refractivity contribution is 0.0947. The number of amides is 1. The number of hydrogen-bond acceptors (Lipinski definition) is 3. The Balaban J connectivity index is 0.00000208. The summed E-state index contributed by atoms with van der Waals surface area (Å²) >= 11 is 0. The molecule has 5 heteroatoms. The van der Waals surface area contributed by atoms with Crippen molar-refractivity contribution in [2.45, 2.75) is 25.5 Å². The summed E-state index contributed by atoms with van der Waals surface area (Å²) in [7, 11) is 0. The number of nitrogens with two attached hydrogens (primary N) is 1. The highest BCUT2D eigenvalue weighted by Gasteiger charge is 2.28. The second kappa shape index (κ2) is 8.71. The van der Waals surface area contributed by atoms with Crippen molar-refractivity contribution in [3.63, 3.8) is 0 Å². The van der Waals surface area contributed by atoms with E-state index < -0.39 is 0 Å². The van der Waals surface area contributed by atoms with Gasteiger partial charge in [0.2, 0.25) is 0 Å². The highest BCUT2D eigenvalue weighted by atomic mass is 35.5. The molecule has 1 fully saturated rings. The van der Waals surface area contributed by atoms with E-state index in [9.17, 15) is 4.79 Å². The van der Waals surface area contributed by atoms with Gasteiger partial charge in [0.1, 0.15) is 12.4 Å². The van der Waals surface area contributed by atoms with Crippen LogP contribution in [0.4, 0.5) is 0 Å². The van der Waals surface area contributed by atoms with Crippen LogP contribution in [0, 0.1) is 5.92 Å². The Bertz CT molecular complexity index is 659. The lowest BCUT2D eigenvalue weighted by Crippen LogP contribution is -2.38. The highest BCUT2D eigenvalue weighted by Crippen LogP contribution is 2.31. The van der Waals surface area contributed by atoms with Gasteiger partial charge < -0.3 is 15.8 Å². The van der Waals surface area contributed by atoms with E-state index in [0.717, 1.165) is 11.3 Å². The van der Waals surface area contributed by atoms with Gasteiger partial charge in [0.25, 0.3) is 5.91 Å². The van der Waals surface area contributed by atoms with Gasteiger partial charge in [0.05, 0.1) is 0 Å². The van der Waals surface area contributed by atoms with E-state index in [1.807, 2.05) is 54.6 Å². The van der Waals surface area contributed by atoms with E-state index in [4.69, 9.17) is 10.5 Å². The molecule has 1 amide bonds. The Labute approximate surface area is 148 Å². The predicted molar refractivity (Wildman–Crippen MR) is 97.5 cm³/mol. The minimum atomic E-state index is -0.0895. The molecule has 3 N–H and O–H groups in total. The van der Waals surface area contributed by atoms with Crippen LogP contribution in [0.1, 0.15) is 28.8 Å². The molecule has 128 valence electrons. The minimum absolute atomic E-state index is 0. The summed E-state index contributed by atoms with van der Waals surface area (Å²) in [6.07, 6.45) is 2.36. The molecule has 0 saturated heterocycles. The van der Waals surface area contributed by atoms with Crippen LogP contribution >= 0.6 is 12.4 Å². The summed E-state index contributed by atoms with van der Waals surface area (Å²) in [6.45, 7) is 0.889. The molecule has 0 aromatic heterocycles. The first-order valence-corrected chi connectivity index (χ1v) is 8.03. The van der Waals surface area contributed by atoms with E-state index >= 15 is 0 Å². The molecule has 0 bridgehead atoms. The smallest absolute Gasteiger partial charge is 0.251 e. The van der Waals surface area contributed by atoms with Crippen LogP contribution in [0.2, 0.25) is 0 Å². The van der Waals surface area contributed by atoms with Crippen molar-refractivity contribution in [3.8, 4) is 5.75 Å². The van der Waals surface area contributed by atoms with E-state index in [-0.39, 0.29) is 24.4 Å². The topological polar surface area (TPSA) is 64.3 Å². The molecule has 0 spiro atoms. The molecule has 2 aromatic carbocycles. The molecule has 2 aromatic rings. The van der Waals surface area contributed by atoms with Gasteiger partial charge in [-0.1, -0.05) is 36.4 Å². The summed E-state index contributed by atoms with van der Waals surface area (Å²) in [5.41, 5.74) is 7.55. The van der Waals surface area contributed by atoms with Crippen molar-refractivity contribution in [3.05, 3.63) is 65.7 Å². The molecule has 1 saturated carbocycles. The predicted octanol–water partition coefficient (Wildman–Crippen LogP) is 3.15. The maximum absolute atomic E-state index is 12.4. The summed E-state index contributed by atoms with van der Waals surface area (Å²) in [5, 5.41) is 2.94. The third-order valence-corrected chi connectivity index (χ3v) is 4.13. The van der Waals surface area contributed by atoms with E-state index in [1.165, 1.54) is 12.8 Å². The Hall–Kier alpha value is -2.04. The van der Waals surface area contributed by atoms with Gasteiger partial charge in [-0.15, -0.1) is 12.4 Å². The third-order valence-electron chi connectivity index (χ3n) is 4.13. The molecule has 0 heterocycles. The fourth-order valence-electron chi connectivity index (χ4n) is 2.54. The van der Waals surface area contributed by atoms with Crippen LogP contribution < -0.4 is 15.8 Å². The number of carbonyl (C=O) groups is 1. The summed E-state index contributed by atoms with van der Waals surface area (Å²) in [5.74, 6) is 1.28.